The molecule has 0 saturated carbocycles. The summed E-state index contributed by atoms with van der Waals surface area (Å²) in [6.07, 6.45) is 6.76. The van der Waals surface area contributed by atoms with Crippen molar-refractivity contribution in [3.63, 3.8) is 0 Å². The SMILES string of the molecule is CCCCC(NCCC)c1ccc2cccnc2c1. The van der Waals surface area contributed by atoms with Gasteiger partial charge in [-0.2, -0.15) is 0 Å². The van der Waals surface area contributed by atoms with Gasteiger partial charge in [0.05, 0.1) is 5.52 Å². The highest BCUT2D eigenvalue weighted by Crippen LogP contribution is 2.23. The Morgan fingerprint density at radius 2 is 2.05 bits per heavy atom. The molecule has 0 fully saturated rings. The fourth-order valence-electron chi connectivity index (χ4n) is 2.41. The smallest absolute Gasteiger partial charge is 0.0705 e. The molecule has 1 heterocycles. The Kier molecular flexibility index (Phi) is 5.34. The number of aromatic nitrogens is 1. The Balaban J connectivity index is 2.21. The molecule has 1 atom stereocenters. The number of nitrogens with zero attached hydrogens (tertiary/aromatic N) is 1. The second kappa shape index (κ2) is 7.25. The first-order valence-corrected chi connectivity index (χ1v) is 7.43. The van der Waals surface area contributed by atoms with Crippen LogP contribution in [0.1, 0.15) is 51.1 Å². The summed E-state index contributed by atoms with van der Waals surface area (Å²) in [4.78, 5) is 4.46. The third-order valence-corrected chi connectivity index (χ3v) is 3.52. The predicted octanol–water partition coefficient (Wildman–Crippen LogP) is 4.47. The molecule has 0 spiro atoms. The predicted molar refractivity (Wildman–Crippen MR) is 82.3 cm³/mol. The number of hydrogen-bond acceptors (Lipinski definition) is 2. The van der Waals surface area contributed by atoms with Crippen LogP contribution in [0.4, 0.5) is 0 Å². The lowest BCUT2D eigenvalue weighted by Crippen LogP contribution is -2.22. The van der Waals surface area contributed by atoms with Gasteiger partial charge in [-0.15, -0.1) is 0 Å². The molecule has 0 aliphatic rings. The van der Waals surface area contributed by atoms with Gasteiger partial charge in [0.15, 0.2) is 0 Å². The number of pyridine rings is 1. The van der Waals surface area contributed by atoms with Crippen LogP contribution in [0, 0.1) is 0 Å². The van der Waals surface area contributed by atoms with E-state index >= 15 is 0 Å². The maximum absolute atomic E-state index is 4.46. The maximum atomic E-state index is 4.46. The maximum Gasteiger partial charge on any atom is 0.0705 e. The minimum atomic E-state index is 0.464. The molecule has 1 aromatic heterocycles. The van der Waals surface area contributed by atoms with Crippen molar-refractivity contribution in [1.29, 1.82) is 0 Å². The van der Waals surface area contributed by atoms with Gasteiger partial charge in [0.1, 0.15) is 0 Å². The lowest BCUT2D eigenvalue weighted by atomic mass is 9.99. The third kappa shape index (κ3) is 3.77. The van der Waals surface area contributed by atoms with E-state index in [0.717, 1.165) is 12.1 Å². The van der Waals surface area contributed by atoms with Crippen LogP contribution in [0.15, 0.2) is 36.5 Å². The van der Waals surface area contributed by atoms with E-state index in [9.17, 15) is 0 Å². The molecule has 0 radical (unpaired) electrons. The molecule has 0 aliphatic heterocycles. The Bertz CT molecular complexity index is 499. The van der Waals surface area contributed by atoms with Crippen LogP contribution in [-0.4, -0.2) is 11.5 Å². The summed E-state index contributed by atoms with van der Waals surface area (Å²) in [5.41, 5.74) is 2.47. The Morgan fingerprint density at radius 3 is 2.84 bits per heavy atom. The number of unbranched alkanes of at least 4 members (excludes halogenated alkanes) is 1. The summed E-state index contributed by atoms with van der Waals surface area (Å²) in [6, 6.07) is 11.2. The summed E-state index contributed by atoms with van der Waals surface area (Å²) < 4.78 is 0. The van der Waals surface area contributed by atoms with Gasteiger partial charge in [-0.05, 0) is 37.1 Å². The molecule has 0 saturated heterocycles. The largest absolute Gasteiger partial charge is 0.310 e. The zero-order valence-corrected chi connectivity index (χ0v) is 12.0. The molecule has 0 aliphatic carbocycles. The second-order valence-corrected chi connectivity index (χ2v) is 5.10. The molecule has 1 unspecified atom stereocenters. The molecule has 0 bridgehead atoms. The highest BCUT2D eigenvalue weighted by Gasteiger charge is 2.10. The Hall–Kier alpha value is -1.41. The van der Waals surface area contributed by atoms with E-state index in [2.05, 4.69) is 48.4 Å². The van der Waals surface area contributed by atoms with E-state index in [0.29, 0.717) is 6.04 Å². The van der Waals surface area contributed by atoms with Crippen LogP contribution in [-0.2, 0) is 0 Å². The highest BCUT2D eigenvalue weighted by atomic mass is 14.9. The minimum Gasteiger partial charge on any atom is -0.310 e. The van der Waals surface area contributed by atoms with Crippen LogP contribution < -0.4 is 5.32 Å². The summed E-state index contributed by atoms with van der Waals surface area (Å²) in [5.74, 6) is 0. The van der Waals surface area contributed by atoms with Crippen molar-refractivity contribution in [3.8, 4) is 0 Å². The molecule has 2 nitrogen and oxygen atoms in total. The van der Waals surface area contributed by atoms with Gasteiger partial charge in [-0.1, -0.05) is 44.9 Å². The molecule has 2 aromatic rings. The summed E-state index contributed by atoms with van der Waals surface area (Å²) in [7, 11) is 0. The van der Waals surface area contributed by atoms with Crippen molar-refractivity contribution >= 4 is 10.9 Å². The van der Waals surface area contributed by atoms with Crippen LogP contribution in [0.5, 0.6) is 0 Å². The zero-order valence-electron chi connectivity index (χ0n) is 12.0. The summed E-state index contributed by atoms with van der Waals surface area (Å²) >= 11 is 0. The first-order chi connectivity index (χ1) is 9.35. The molecule has 1 N–H and O–H groups in total. The highest BCUT2D eigenvalue weighted by molar-refractivity contribution is 5.78. The van der Waals surface area contributed by atoms with Gasteiger partial charge in [0.2, 0.25) is 0 Å². The molecular weight excluding hydrogens is 232 g/mol. The monoisotopic (exact) mass is 256 g/mol. The standard InChI is InChI=1S/C17H24N2/c1-3-5-8-16(18-11-4-2)15-10-9-14-7-6-12-19-17(14)13-15/h6-7,9-10,12-13,16,18H,3-5,8,11H2,1-2H3. The molecule has 0 amide bonds. The Morgan fingerprint density at radius 1 is 1.16 bits per heavy atom. The van der Waals surface area contributed by atoms with E-state index in [1.54, 1.807) is 0 Å². The van der Waals surface area contributed by atoms with E-state index in [4.69, 9.17) is 0 Å². The Labute approximate surface area is 116 Å². The van der Waals surface area contributed by atoms with Crippen LogP contribution in [0.3, 0.4) is 0 Å². The minimum absolute atomic E-state index is 0.464. The van der Waals surface area contributed by atoms with Gasteiger partial charge in [-0.25, -0.2) is 0 Å². The van der Waals surface area contributed by atoms with E-state index in [1.165, 1.54) is 36.6 Å². The number of nitrogens with one attached hydrogen (secondary N) is 1. The number of hydrogen-bond donors (Lipinski definition) is 1. The van der Waals surface area contributed by atoms with Gasteiger partial charge >= 0.3 is 0 Å². The average molecular weight is 256 g/mol. The van der Waals surface area contributed by atoms with Crippen molar-refractivity contribution in [3.05, 3.63) is 42.1 Å². The van der Waals surface area contributed by atoms with Crippen LogP contribution >= 0.6 is 0 Å². The van der Waals surface area contributed by atoms with Gasteiger partial charge in [-0.3, -0.25) is 4.98 Å². The van der Waals surface area contributed by atoms with E-state index in [-0.39, 0.29) is 0 Å². The van der Waals surface area contributed by atoms with Crippen LogP contribution in [0.25, 0.3) is 10.9 Å². The second-order valence-electron chi connectivity index (χ2n) is 5.10. The number of fused-ring (bicyclic) bond motifs is 1. The molecular formula is C17H24N2. The number of benzene rings is 1. The molecule has 19 heavy (non-hydrogen) atoms. The molecule has 1 aromatic carbocycles. The van der Waals surface area contributed by atoms with Crippen molar-refractivity contribution in [2.75, 3.05) is 6.54 Å². The van der Waals surface area contributed by atoms with Gasteiger partial charge in [0.25, 0.3) is 0 Å². The van der Waals surface area contributed by atoms with Crippen molar-refractivity contribution in [1.82, 2.24) is 10.3 Å². The third-order valence-electron chi connectivity index (χ3n) is 3.52. The van der Waals surface area contributed by atoms with Crippen LogP contribution in [0.2, 0.25) is 0 Å². The first kappa shape index (κ1) is 14.0. The number of rotatable bonds is 7. The molecule has 2 heteroatoms. The van der Waals surface area contributed by atoms with Gasteiger partial charge in [0, 0.05) is 17.6 Å². The van der Waals surface area contributed by atoms with E-state index < -0.39 is 0 Å². The average Bonchev–Trinajstić information content (AvgIpc) is 2.47. The lowest BCUT2D eigenvalue weighted by Gasteiger charge is -2.19. The lowest BCUT2D eigenvalue weighted by molar-refractivity contribution is 0.482. The van der Waals surface area contributed by atoms with E-state index in [1.807, 2.05) is 12.3 Å². The molecule has 102 valence electrons. The zero-order chi connectivity index (χ0) is 13.5. The van der Waals surface area contributed by atoms with Crippen molar-refractivity contribution < 1.29 is 0 Å². The summed E-state index contributed by atoms with van der Waals surface area (Å²) in [5, 5.41) is 4.88. The molecule has 2 rings (SSSR count). The van der Waals surface area contributed by atoms with Crippen molar-refractivity contribution in [2.45, 2.75) is 45.6 Å². The quantitative estimate of drug-likeness (QED) is 0.790. The normalized spacial score (nSPS) is 12.7. The summed E-state index contributed by atoms with van der Waals surface area (Å²) in [6.45, 7) is 5.54. The fraction of sp³-hybridized carbons (Fsp3) is 0.471. The first-order valence-electron chi connectivity index (χ1n) is 7.43. The fourth-order valence-corrected chi connectivity index (χ4v) is 2.41. The van der Waals surface area contributed by atoms with Gasteiger partial charge < -0.3 is 5.32 Å². The topological polar surface area (TPSA) is 24.9 Å². The van der Waals surface area contributed by atoms with Crippen molar-refractivity contribution in [2.24, 2.45) is 0 Å².